The number of pyridine rings is 1. The van der Waals surface area contributed by atoms with Gasteiger partial charge in [0.25, 0.3) is 0 Å². The molecule has 2 aliphatic carbocycles. The van der Waals surface area contributed by atoms with E-state index in [-0.39, 0.29) is 31.4 Å². The molecule has 3 nitrogen and oxygen atoms in total. The maximum Gasteiger partial charge on any atom is 0.448 e. The number of fused-ring (bicyclic) bond motifs is 2. The van der Waals surface area contributed by atoms with E-state index < -0.39 is 17.7 Å². The average Bonchev–Trinajstić information content (AvgIpc) is 3.53. The molecule has 48 heavy (non-hydrogen) atoms. The first-order chi connectivity index (χ1) is 22.2. The predicted molar refractivity (Wildman–Crippen MR) is 186 cm³/mol. The molecular formula is C41H47F3IrNO2-. The minimum Gasteiger partial charge on any atom is -0.504 e. The average molecular weight is 835 g/mol. The van der Waals surface area contributed by atoms with E-state index in [2.05, 4.69) is 89.2 Å². The van der Waals surface area contributed by atoms with Crippen molar-refractivity contribution in [3.05, 3.63) is 88.7 Å². The first-order valence-electron chi connectivity index (χ1n) is 17.1. The molecule has 2 fully saturated rings. The van der Waals surface area contributed by atoms with E-state index in [0.717, 1.165) is 48.4 Å². The fourth-order valence-electron chi connectivity index (χ4n) is 7.39. The van der Waals surface area contributed by atoms with Gasteiger partial charge in [-0.15, -0.1) is 29.1 Å². The van der Waals surface area contributed by atoms with Crippen molar-refractivity contribution < 1.29 is 43.2 Å². The summed E-state index contributed by atoms with van der Waals surface area (Å²) >= 11 is 0. The smallest absolute Gasteiger partial charge is 0.448 e. The maximum absolute atomic E-state index is 11.9. The number of aliphatic hydroxyl groups is 1. The van der Waals surface area contributed by atoms with Crippen molar-refractivity contribution >= 4 is 27.5 Å². The Bertz CT molecular complexity index is 1780. The molecule has 0 aliphatic heterocycles. The van der Waals surface area contributed by atoms with Gasteiger partial charge in [-0.1, -0.05) is 107 Å². The fourth-order valence-corrected chi connectivity index (χ4v) is 7.39. The molecule has 6 rings (SSSR count). The minimum absolute atomic E-state index is 0. The second-order valence-electron chi connectivity index (χ2n) is 14.7. The van der Waals surface area contributed by atoms with Crippen LogP contribution in [0.15, 0.2) is 60.4 Å². The maximum atomic E-state index is 11.9. The number of hydrogen-bond donors (Lipinski definition) is 1. The monoisotopic (exact) mass is 835 g/mol. The SMILES string of the molecule is Cc1cc(C)c2c(CC3CCCC3)cc(-c3[c-]c4ccccc4c(C(C)(C)C)c3)nc2c1.O=C(/C=C(\O)C(F)(F)F)C1CCCCC1.[Ir]. The minimum atomic E-state index is -4.82. The molecule has 4 aromatic rings. The van der Waals surface area contributed by atoms with Crippen molar-refractivity contribution in [3.8, 4) is 11.3 Å². The van der Waals surface area contributed by atoms with E-state index in [9.17, 15) is 18.0 Å². The van der Waals surface area contributed by atoms with Gasteiger partial charge in [-0.2, -0.15) is 13.2 Å². The van der Waals surface area contributed by atoms with Gasteiger partial charge in [0, 0.05) is 43.2 Å². The number of aryl methyl sites for hydroxylation is 2. The largest absolute Gasteiger partial charge is 0.504 e. The van der Waals surface area contributed by atoms with Crippen LogP contribution in [0, 0.1) is 31.7 Å². The number of alkyl halides is 3. The van der Waals surface area contributed by atoms with E-state index in [1.54, 1.807) is 0 Å². The number of halogens is 3. The molecule has 0 atom stereocenters. The molecule has 0 spiro atoms. The van der Waals surface area contributed by atoms with Crippen molar-refractivity contribution in [1.82, 2.24) is 4.98 Å². The molecule has 3 aromatic carbocycles. The molecule has 1 radical (unpaired) electrons. The standard InChI is InChI=1S/C31H34N.C10H13F3O2.Ir/c1-20-14-21(2)30-25(16-22-10-6-7-11-22)19-28(32-29(30)15-20)24-17-23-12-8-9-13-26(23)27(18-24)31(3,4)5;11-10(12,13)9(15)6-8(14)7-4-2-1-3-5-7;/h8-9,12-15,18-19,22H,6-7,10-11,16H2,1-5H3;6-7,15H,1-5H2;/q-1;;/b;9-6-;. The first kappa shape index (κ1) is 37.8. The zero-order valence-corrected chi connectivity index (χ0v) is 31.1. The zero-order valence-electron chi connectivity index (χ0n) is 28.7. The van der Waals surface area contributed by atoms with E-state index in [0.29, 0.717) is 18.9 Å². The van der Waals surface area contributed by atoms with Crippen molar-refractivity contribution in [2.45, 2.75) is 110 Å². The van der Waals surface area contributed by atoms with Crippen LogP contribution in [-0.4, -0.2) is 22.1 Å². The van der Waals surface area contributed by atoms with E-state index in [1.165, 1.54) is 64.1 Å². The van der Waals surface area contributed by atoms with Gasteiger partial charge in [0.1, 0.15) is 0 Å². The molecule has 1 N–H and O–H groups in total. The molecule has 1 aromatic heterocycles. The van der Waals surface area contributed by atoms with E-state index in [1.807, 2.05) is 0 Å². The summed E-state index contributed by atoms with van der Waals surface area (Å²) in [5.41, 5.74) is 8.82. The second-order valence-corrected chi connectivity index (χ2v) is 14.7. The molecule has 7 heteroatoms. The van der Waals surface area contributed by atoms with Gasteiger partial charge in [-0.3, -0.25) is 9.78 Å². The summed E-state index contributed by atoms with van der Waals surface area (Å²) in [7, 11) is 0. The molecular weight excluding hydrogens is 788 g/mol. The number of carbonyl (C=O) groups excluding carboxylic acids is 1. The molecule has 1 heterocycles. The van der Waals surface area contributed by atoms with Crippen LogP contribution in [0.4, 0.5) is 13.2 Å². The summed E-state index contributed by atoms with van der Waals surface area (Å²) in [6, 6.07) is 21.6. The number of rotatable bonds is 5. The van der Waals surface area contributed by atoms with Crippen LogP contribution in [0.5, 0.6) is 0 Å². The normalized spacial score (nSPS) is 16.5. The molecule has 0 amide bonds. The Labute approximate surface area is 296 Å². The number of nitrogens with zero attached hydrogens (tertiary/aromatic N) is 1. The van der Waals surface area contributed by atoms with Gasteiger partial charge >= 0.3 is 6.18 Å². The summed E-state index contributed by atoms with van der Waals surface area (Å²) in [6.07, 6.45) is 6.17. The van der Waals surface area contributed by atoms with Crippen molar-refractivity contribution in [2.24, 2.45) is 11.8 Å². The van der Waals surface area contributed by atoms with Crippen molar-refractivity contribution in [1.29, 1.82) is 0 Å². The van der Waals surface area contributed by atoms with Crippen LogP contribution in [0.25, 0.3) is 32.9 Å². The topological polar surface area (TPSA) is 50.2 Å². The van der Waals surface area contributed by atoms with Crippen LogP contribution in [0.1, 0.15) is 101 Å². The number of benzene rings is 3. The van der Waals surface area contributed by atoms with Crippen LogP contribution in [0.3, 0.4) is 0 Å². The van der Waals surface area contributed by atoms with Crippen LogP contribution in [0.2, 0.25) is 0 Å². The number of ketones is 1. The van der Waals surface area contributed by atoms with Gasteiger partial charge in [-0.25, -0.2) is 0 Å². The first-order valence-corrected chi connectivity index (χ1v) is 17.1. The van der Waals surface area contributed by atoms with Gasteiger partial charge in [-0.05, 0) is 67.2 Å². The van der Waals surface area contributed by atoms with Gasteiger partial charge in [0.05, 0.1) is 5.52 Å². The fraction of sp³-hybridized carbons (Fsp3) is 0.463. The van der Waals surface area contributed by atoms with E-state index >= 15 is 0 Å². The molecule has 259 valence electrons. The molecule has 0 saturated heterocycles. The van der Waals surface area contributed by atoms with Gasteiger partial charge < -0.3 is 5.11 Å². The van der Waals surface area contributed by atoms with Crippen molar-refractivity contribution in [3.63, 3.8) is 0 Å². The predicted octanol–water partition coefficient (Wildman–Crippen LogP) is 11.6. The summed E-state index contributed by atoms with van der Waals surface area (Å²) in [6.45, 7) is 11.3. The Kier molecular flexibility index (Phi) is 12.3. The van der Waals surface area contributed by atoms with E-state index in [4.69, 9.17) is 10.1 Å². The van der Waals surface area contributed by atoms with Gasteiger partial charge in [0.2, 0.25) is 5.76 Å². The van der Waals surface area contributed by atoms with Crippen LogP contribution >= 0.6 is 0 Å². The Balaban J connectivity index is 0.000000276. The molecule has 2 saturated carbocycles. The summed E-state index contributed by atoms with van der Waals surface area (Å²) < 4.78 is 35.7. The Morgan fingerprint density at radius 2 is 1.58 bits per heavy atom. The number of aliphatic hydroxyl groups excluding tert-OH is 1. The number of allylic oxidation sites excluding steroid dienone is 2. The molecule has 0 bridgehead atoms. The Hall–Kier alpha value is -3.02. The summed E-state index contributed by atoms with van der Waals surface area (Å²) in [5.74, 6) is -1.94. The number of hydrogen-bond acceptors (Lipinski definition) is 3. The number of carbonyl (C=O) groups is 1. The molecule has 0 unspecified atom stereocenters. The third-order valence-electron chi connectivity index (χ3n) is 9.75. The second kappa shape index (κ2) is 15.7. The molecule has 2 aliphatic rings. The van der Waals surface area contributed by atoms with Crippen LogP contribution in [-0.2, 0) is 36.7 Å². The van der Waals surface area contributed by atoms with Crippen molar-refractivity contribution in [2.75, 3.05) is 0 Å². The third-order valence-corrected chi connectivity index (χ3v) is 9.75. The summed E-state index contributed by atoms with van der Waals surface area (Å²) in [5, 5.41) is 12.4. The summed E-state index contributed by atoms with van der Waals surface area (Å²) in [4.78, 5) is 16.5. The Morgan fingerprint density at radius 1 is 0.938 bits per heavy atom. The van der Waals surface area contributed by atoms with Crippen LogP contribution < -0.4 is 0 Å². The zero-order chi connectivity index (χ0) is 33.9. The third kappa shape index (κ3) is 9.15. The van der Waals surface area contributed by atoms with Gasteiger partial charge in [0.15, 0.2) is 5.78 Å². The Morgan fingerprint density at radius 3 is 2.23 bits per heavy atom. The quantitative estimate of drug-likeness (QED) is 0.124. The number of aromatic nitrogens is 1.